The Hall–Kier alpha value is -3.01. The van der Waals surface area contributed by atoms with Crippen molar-refractivity contribution in [3.8, 4) is 0 Å². The second kappa shape index (κ2) is 16.6. The van der Waals surface area contributed by atoms with Gasteiger partial charge in [0.1, 0.15) is 12.1 Å². The Morgan fingerprint density at radius 2 is 1.40 bits per heavy atom. The topological polar surface area (TPSA) is 282 Å². The minimum atomic E-state index is -1.63. The van der Waals surface area contributed by atoms with E-state index in [0.717, 1.165) is 0 Å². The van der Waals surface area contributed by atoms with E-state index in [-0.39, 0.29) is 25.3 Å². The van der Waals surface area contributed by atoms with E-state index in [1.807, 2.05) is 0 Å². The molecule has 0 aliphatic rings. The summed E-state index contributed by atoms with van der Waals surface area (Å²) in [5.41, 5.74) is 21.8. The van der Waals surface area contributed by atoms with Crippen molar-refractivity contribution >= 4 is 29.7 Å². The molecule has 6 atom stereocenters. The van der Waals surface area contributed by atoms with Crippen LogP contribution in [-0.4, -0.2) is 94.4 Å². The number of carboxylic acids is 1. The number of aliphatic imine (C=N–C) groups is 1. The standard InChI is InChI=1S/C20H40N8O7/c1-10(29)14(27-16(31)12(22)6-3-4-8-21)18(33)26-13(7-5-9-25-20(23)24)17(32)28-15(11(2)30)19(34)35/h10-15,29-30H,3-9,21-22H2,1-2H3,(H,26,33)(H,27,31)(H,28,32)(H,34,35)(H4,23,24,25). The van der Waals surface area contributed by atoms with Crippen LogP contribution < -0.4 is 38.9 Å². The van der Waals surface area contributed by atoms with Crippen molar-refractivity contribution < 1.29 is 34.5 Å². The number of aliphatic hydroxyl groups excluding tert-OH is 2. The second-order valence-electron chi connectivity index (χ2n) is 8.19. The van der Waals surface area contributed by atoms with Gasteiger partial charge in [0.25, 0.3) is 0 Å². The number of guanidine groups is 1. The summed E-state index contributed by atoms with van der Waals surface area (Å²) in [4.78, 5) is 53.1. The number of nitrogens with two attached hydrogens (primary N) is 4. The van der Waals surface area contributed by atoms with Crippen molar-refractivity contribution in [3.05, 3.63) is 0 Å². The number of unbranched alkanes of at least 4 members (excludes halogenated alkanes) is 1. The van der Waals surface area contributed by atoms with Gasteiger partial charge in [-0.05, 0) is 46.1 Å². The third-order valence-electron chi connectivity index (χ3n) is 4.99. The molecule has 0 aliphatic heterocycles. The number of hydrogen-bond acceptors (Lipinski definition) is 9. The van der Waals surface area contributed by atoms with Gasteiger partial charge in [0, 0.05) is 6.54 Å². The highest BCUT2D eigenvalue weighted by Crippen LogP contribution is 2.05. The lowest BCUT2D eigenvalue weighted by Crippen LogP contribution is -2.60. The van der Waals surface area contributed by atoms with Gasteiger partial charge in [0.2, 0.25) is 17.7 Å². The first-order valence-corrected chi connectivity index (χ1v) is 11.3. The highest BCUT2D eigenvalue weighted by molar-refractivity contribution is 5.94. The minimum absolute atomic E-state index is 0.0143. The zero-order chi connectivity index (χ0) is 27.1. The Labute approximate surface area is 204 Å². The average molecular weight is 505 g/mol. The Morgan fingerprint density at radius 1 is 0.829 bits per heavy atom. The second-order valence-corrected chi connectivity index (χ2v) is 8.19. The van der Waals surface area contributed by atoms with Gasteiger partial charge < -0.3 is 54.2 Å². The molecule has 0 aliphatic carbocycles. The van der Waals surface area contributed by atoms with Gasteiger partial charge in [-0.25, -0.2) is 4.79 Å². The number of carboxylic acid groups (broad SMARTS) is 1. The van der Waals surface area contributed by atoms with E-state index in [0.29, 0.717) is 25.8 Å². The molecule has 0 aromatic carbocycles. The third-order valence-corrected chi connectivity index (χ3v) is 4.99. The number of carbonyl (C=O) groups excluding carboxylic acids is 3. The van der Waals surface area contributed by atoms with Gasteiger partial charge in [-0.2, -0.15) is 0 Å². The number of aliphatic hydroxyl groups is 2. The average Bonchev–Trinajstić information content (AvgIpc) is 2.76. The van der Waals surface area contributed by atoms with Gasteiger partial charge in [-0.3, -0.25) is 19.4 Å². The molecule has 0 saturated heterocycles. The minimum Gasteiger partial charge on any atom is -0.480 e. The predicted octanol–water partition coefficient (Wildman–Crippen LogP) is -4.20. The molecular formula is C20H40N8O7. The van der Waals surface area contributed by atoms with Gasteiger partial charge in [0.15, 0.2) is 12.0 Å². The number of hydrogen-bond donors (Lipinski definition) is 10. The summed E-state index contributed by atoms with van der Waals surface area (Å²) in [5.74, 6) is -4.11. The smallest absolute Gasteiger partial charge is 0.328 e. The van der Waals surface area contributed by atoms with Gasteiger partial charge in [0.05, 0.1) is 18.2 Å². The van der Waals surface area contributed by atoms with Crippen LogP contribution in [0.1, 0.15) is 46.0 Å². The number of rotatable bonds is 17. The van der Waals surface area contributed by atoms with Crippen LogP contribution in [0, 0.1) is 0 Å². The van der Waals surface area contributed by atoms with Crippen molar-refractivity contribution in [1.82, 2.24) is 16.0 Å². The SMILES string of the molecule is CC(O)C(NC(=O)C(CCCN=C(N)N)NC(=O)C(NC(=O)C(N)CCCCN)C(C)O)C(=O)O. The van der Waals surface area contributed by atoms with Crippen LogP contribution in [0.15, 0.2) is 4.99 Å². The van der Waals surface area contributed by atoms with E-state index in [1.165, 1.54) is 13.8 Å². The third kappa shape index (κ3) is 12.9. The fraction of sp³-hybridized carbons (Fsp3) is 0.750. The maximum atomic E-state index is 12.9. The van der Waals surface area contributed by atoms with Crippen LogP contribution in [0.2, 0.25) is 0 Å². The van der Waals surface area contributed by atoms with Crippen LogP contribution in [0.5, 0.6) is 0 Å². The fourth-order valence-corrected chi connectivity index (χ4v) is 2.98. The quantitative estimate of drug-likeness (QED) is 0.0514. The first-order valence-electron chi connectivity index (χ1n) is 11.3. The first-order chi connectivity index (χ1) is 16.3. The van der Waals surface area contributed by atoms with E-state index in [2.05, 4.69) is 20.9 Å². The molecule has 0 saturated carbocycles. The maximum absolute atomic E-state index is 12.9. The summed E-state index contributed by atoms with van der Waals surface area (Å²) in [5, 5.41) is 35.8. The Bertz CT molecular complexity index is 728. The van der Waals surface area contributed by atoms with Crippen molar-refractivity contribution in [3.63, 3.8) is 0 Å². The molecule has 0 spiro atoms. The molecule has 6 unspecified atom stereocenters. The molecule has 0 aromatic rings. The summed E-state index contributed by atoms with van der Waals surface area (Å²) < 4.78 is 0. The summed E-state index contributed by atoms with van der Waals surface area (Å²) in [6.45, 7) is 3.01. The molecule has 35 heavy (non-hydrogen) atoms. The molecule has 0 fully saturated rings. The predicted molar refractivity (Wildman–Crippen MR) is 128 cm³/mol. The molecule has 14 N–H and O–H groups in total. The van der Waals surface area contributed by atoms with Gasteiger partial charge >= 0.3 is 5.97 Å². The zero-order valence-corrected chi connectivity index (χ0v) is 20.1. The number of aliphatic carboxylic acids is 1. The zero-order valence-electron chi connectivity index (χ0n) is 20.1. The first kappa shape index (κ1) is 32.0. The Balaban J connectivity index is 5.47. The van der Waals surface area contributed by atoms with Crippen LogP contribution >= 0.6 is 0 Å². The number of nitrogens with one attached hydrogen (secondary N) is 3. The molecule has 3 amide bonds. The van der Waals surface area contributed by atoms with Crippen molar-refractivity contribution in [2.45, 2.75) is 82.3 Å². The van der Waals surface area contributed by atoms with Crippen LogP contribution in [-0.2, 0) is 19.2 Å². The summed E-state index contributed by atoms with van der Waals surface area (Å²) in [6, 6.07) is -5.29. The molecule has 0 heterocycles. The number of amides is 3. The molecular weight excluding hydrogens is 464 g/mol. The van der Waals surface area contributed by atoms with Crippen molar-refractivity contribution in [1.29, 1.82) is 0 Å². The van der Waals surface area contributed by atoms with E-state index in [1.54, 1.807) is 0 Å². The van der Waals surface area contributed by atoms with Crippen LogP contribution in [0.4, 0.5) is 0 Å². The highest BCUT2D eigenvalue weighted by Gasteiger charge is 2.33. The van der Waals surface area contributed by atoms with Crippen LogP contribution in [0.3, 0.4) is 0 Å². The lowest BCUT2D eigenvalue weighted by atomic mass is 10.1. The largest absolute Gasteiger partial charge is 0.480 e. The molecule has 0 aromatic heterocycles. The molecule has 0 radical (unpaired) electrons. The molecule has 15 heteroatoms. The number of carbonyl (C=O) groups is 4. The normalized spacial score (nSPS) is 16.1. The van der Waals surface area contributed by atoms with E-state index in [9.17, 15) is 34.5 Å². The van der Waals surface area contributed by atoms with E-state index in [4.69, 9.17) is 22.9 Å². The van der Waals surface area contributed by atoms with E-state index >= 15 is 0 Å². The molecule has 0 rings (SSSR count). The van der Waals surface area contributed by atoms with E-state index < -0.39 is 60.1 Å². The maximum Gasteiger partial charge on any atom is 0.328 e. The summed E-state index contributed by atoms with van der Waals surface area (Å²) >= 11 is 0. The molecule has 15 nitrogen and oxygen atoms in total. The number of nitrogens with zero attached hydrogens (tertiary/aromatic N) is 1. The summed E-state index contributed by atoms with van der Waals surface area (Å²) in [7, 11) is 0. The Morgan fingerprint density at radius 3 is 1.89 bits per heavy atom. The Kier molecular flexibility index (Phi) is 15.2. The highest BCUT2D eigenvalue weighted by atomic mass is 16.4. The van der Waals surface area contributed by atoms with Gasteiger partial charge in [-0.1, -0.05) is 6.42 Å². The van der Waals surface area contributed by atoms with Crippen molar-refractivity contribution in [2.24, 2.45) is 27.9 Å². The fourth-order valence-electron chi connectivity index (χ4n) is 2.98. The van der Waals surface area contributed by atoms with Gasteiger partial charge in [-0.15, -0.1) is 0 Å². The summed E-state index contributed by atoms with van der Waals surface area (Å²) in [6.07, 6.45) is -0.961. The van der Waals surface area contributed by atoms with Crippen molar-refractivity contribution in [2.75, 3.05) is 13.1 Å². The monoisotopic (exact) mass is 504 g/mol. The lowest BCUT2D eigenvalue weighted by molar-refractivity contribution is -0.145. The van der Waals surface area contributed by atoms with Crippen LogP contribution in [0.25, 0.3) is 0 Å². The lowest BCUT2D eigenvalue weighted by Gasteiger charge is -2.27. The molecule has 202 valence electrons. The molecule has 0 bridgehead atoms.